The first-order chi connectivity index (χ1) is 11.4. The highest BCUT2D eigenvalue weighted by atomic mass is 16.3. The molecule has 2 rings (SSSR count). The van der Waals surface area contributed by atoms with Gasteiger partial charge in [-0.3, -0.25) is 0 Å². The largest absolute Gasteiger partial charge is 0.507 e. The Bertz CT molecular complexity index is 653. The van der Waals surface area contributed by atoms with E-state index in [0.29, 0.717) is 5.56 Å². The molecule has 0 saturated carbocycles. The summed E-state index contributed by atoms with van der Waals surface area (Å²) in [7, 11) is 0. The SMILES string of the molecule is C#CCCCCc1cc(O)c([C@@H]2C=C(C)CC[C@H]2C(=C)C)c(O)c1. The Morgan fingerprint density at radius 1 is 1.29 bits per heavy atom. The van der Waals surface area contributed by atoms with Gasteiger partial charge in [0.05, 0.1) is 0 Å². The van der Waals surface area contributed by atoms with E-state index >= 15 is 0 Å². The van der Waals surface area contributed by atoms with Crippen LogP contribution in [0.25, 0.3) is 0 Å². The van der Waals surface area contributed by atoms with E-state index in [4.69, 9.17) is 6.42 Å². The van der Waals surface area contributed by atoms with Gasteiger partial charge in [0.15, 0.2) is 0 Å². The topological polar surface area (TPSA) is 40.5 Å². The molecule has 0 heterocycles. The van der Waals surface area contributed by atoms with E-state index in [1.165, 1.54) is 5.57 Å². The molecule has 128 valence electrons. The van der Waals surface area contributed by atoms with Crippen molar-refractivity contribution in [1.29, 1.82) is 0 Å². The Balaban J connectivity index is 2.28. The number of aromatic hydroxyl groups is 2. The molecule has 1 aromatic carbocycles. The molecule has 24 heavy (non-hydrogen) atoms. The fraction of sp³-hybridized carbons (Fsp3) is 0.455. The van der Waals surface area contributed by atoms with Gasteiger partial charge in [-0.2, -0.15) is 0 Å². The predicted octanol–water partition coefficient (Wildman–Crippen LogP) is 5.46. The van der Waals surface area contributed by atoms with Crippen LogP contribution in [0.5, 0.6) is 11.5 Å². The Hall–Kier alpha value is -2.14. The summed E-state index contributed by atoms with van der Waals surface area (Å²) in [5.74, 6) is 3.25. The molecule has 1 aliphatic carbocycles. The highest BCUT2D eigenvalue weighted by Gasteiger charge is 2.30. The van der Waals surface area contributed by atoms with Crippen molar-refractivity contribution in [2.45, 2.75) is 58.3 Å². The molecule has 0 unspecified atom stereocenters. The lowest BCUT2D eigenvalue weighted by atomic mass is 9.73. The molecule has 0 bridgehead atoms. The molecule has 0 fully saturated rings. The second-order valence-corrected chi connectivity index (χ2v) is 6.99. The average Bonchev–Trinajstić information content (AvgIpc) is 2.51. The third-order valence-electron chi connectivity index (χ3n) is 4.95. The summed E-state index contributed by atoms with van der Waals surface area (Å²) in [6.45, 7) is 8.24. The lowest BCUT2D eigenvalue weighted by molar-refractivity contribution is 0.406. The zero-order valence-electron chi connectivity index (χ0n) is 14.8. The Morgan fingerprint density at radius 3 is 2.54 bits per heavy atom. The first kappa shape index (κ1) is 18.2. The zero-order chi connectivity index (χ0) is 17.7. The maximum Gasteiger partial charge on any atom is 0.123 e. The highest BCUT2D eigenvalue weighted by molar-refractivity contribution is 5.51. The van der Waals surface area contributed by atoms with Crippen molar-refractivity contribution in [1.82, 2.24) is 0 Å². The van der Waals surface area contributed by atoms with Gasteiger partial charge in [-0.1, -0.05) is 23.8 Å². The molecule has 1 aliphatic rings. The van der Waals surface area contributed by atoms with Gasteiger partial charge in [-0.05, 0) is 69.6 Å². The first-order valence-corrected chi connectivity index (χ1v) is 8.75. The van der Waals surface area contributed by atoms with E-state index in [1.54, 1.807) is 12.1 Å². The lowest BCUT2D eigenvalue weighted by Crippen LogP contribution is -2.17. The van der Waals surface area contributed by atoms with Crippen molar-refractivity contribution in [3.8, 4) is 23.8 Å². The van der Waals surface area contributed by atoms with Crippen LogP contribution in [-0.4, -0.2) is 10.2 Å². The zero-order valence-corrected chi connectivity index (χ0v) is 14.8. The molecule has 0 aliphatic heterocycles. The standard InChI is InChI=1S/C22H28O2/c1-5-6-7-8-9-17-13-20(23)22(21(24)14-17)19-12-16(4)10-11-18(19)15(2)3/h1,12-14,18-19,23-24H,2,6-11H2,3-4H3/t18-,19+/m0/s1. The average molecular weight is 324 g/mol. The van der Waals surface area contributed by atoms with Gasteiger partial charge in [-0.25, -0.2) is 0 Å². The molecular weight excluding hydrogens is 296 g/mol. The normalized spacial score (nSPS) is 20.3. The molecule has 0 spiro atoms. The van der Waals surface area contributed by atoms with E-state index in [1.807, 2.05) is 6.92 Å². The number of phenols is 2. The summed E-state index contributed by atoms with van der Waals surface area (Å²) in [6, 6.07) is 3.58. The predicted molar refractivity (Wildman–Crippen MR) is 100 cm³/mol. The molecule has 0 aromatic heterocycles. The summed E-state index contributed by atoms with van der Waals surface area (Å²) in [6.07, 6.45) is 13.0. The number of aryl methyl sites for hydroxylation is 1. The van der Waals surface area contributed by atoms with Gasteiger partial charge in [0.1, 0.15) is 11.5 Å². The molecule has 2 atom stereocenters. The number of unbranched alkanes of at least 4 members (excludes halogenated alkanes) is 2. The Kier molecular flexibility index (Phi) is 6.15. The first-order valence-electron chi connectivity index (χ1n) is 8.75. The molecule has 2 nitrogen and oxygen atoms in total. The number of hydrogen-bond donors (Lipinski definition) is 2. The van der Waals surface area contributed by atoms with Crippen LogP contribution in [-0.2, 0) is 6.42 Å². The minimum absolute atomic E-state index is 0.00765. The number of hydrogen-bond acceptors (Lipinski definition) is 2. The van der Waals surface area contributed by atoms with Crippen LogP contribution in [0.4, 0.5) is 0 Å². The van der Waals surface area contributed by atoms with Crippen molar-refractivity contribution in [2.24, 2.45) is 5.92 Å². The van der Waals surface area contributed by atoms with E-state index in [9.17, 15) is 10.2 Å². The van der Waals surface area contributed by atoms with E-state index < -0.39 is 0 Å². The fourth-order valence-corrected chi connectivity index (χ4v) is 3.63. The minimum Gasteiger partial charge on any atom is -0.507 e. The Morgan fingerprint density at radius 2 is 1.96 bits per heavy atom. The third kappa shape index (κ3) is 4.23. The van der Waals surface area contributed by atoms with Gasteiger partial charge in [0, 0.05) is 17.9 Å². The van der Waals surface area contributed by atoms with Crippen LogP contribution < -0.4 is 0 Å². The van der Waals surface area contributed by atoms with Gasteiger partial charge in [-0.15, -0.1) is 12.3 Å². The molecule has 1 aromatic rings. The van der Waals surface area contributed by atoms with Crippen LogP contribution in [0.1, 0.15) is 63.0 Å². The van der Waals surface area contributed by atoms with Crippen LogP contribution in [0.3, 0.4) is 0 Å². The van der Waals surface area contributed by atoms with Gasteiger partial charge in [0.25, 0.3) is 0 Å². The smallest absolute Gasteiger partial charge is 0.123 e. The second-order valence-electron chi connectivity index (χ2n) is 6.99. The van der Waals surface area contributed by atoms with Crippen LogP contribution in [0.15, 0.2) is 35.9 Å². The van der Waals surface area contributed by atoms with Crippen molar-refractivity contribution in [2.75, 3.05) is 0 Å². The number of benzene rings is 1. The number of allylic oxidation sites excluding steroid dienone is 3. The summed E-state index contributed by atoms with van der Waals surface area (Å²) in [5, 5.41) is 21.1. The summed E-state index contributed by atoms with van der Waals surface area (Å²) in [4.78, 5) is 0. The molecule has 0 amide bonds. The molecule has 2 heteroatoms. The maximum atomic E-state index is 10.6. The molecular formula is C22H28O2. The highest BCUT2D eigenvalue weighted by Crippen LogP contribution is 2.46. The van der Waals surface area contributed by atoms with Crippen molar-refractivity contribution >= 4 is 0 Å². The van der Waals surface area contributed by atoms with Crippen LogP contribution in [0, 0.1) is 18.3 Å². The van der Waals surface area contributed by atoms with Gasteiger partial charge in [0.2, 0.25) is 0 Å². The van der Waals surface area contributed by atoms with Crippen LogP contribution >= 0.6 is 0 Å². The lowest BCUT2D eigenvalue weighted by Gasteiger charge is -2.31. The van der Waals surface area contributed by atoms with Gasteiger partial charge < -0.3 is 10.2 Å². The molecule has 0 saturated heterocycles. The maximum absolute atomic E-state index is 10.6. The second kappa shape index (κ2) is 8.11. The summed E-state index contributed by atoms with van der Waals surface area (Å²) < 4.78 is 0. The van der Waals surface area contributed by atoms with Crippen molar-refractivity contribution in [3.05, 3.63) is 47.1 Å². The Labute approximate surface area is 145 Å². The van der Waals surface area contributed by atoms with Crippen molar-refractivity contribution in [3.63, 3.8) is 0 Å². The minimum atomic E-state index is -0.00765. The summed E-state index contributed by atoms with van der Waals surface area (Å²) in [5.41, 5.74) is 3.99. The monoisotopic (exact) mass is 324 g/mol. The summed E-state index contributed by atoms with van der Waals surface area (Å²) >= 11 is 0. The number of rotatable bonds is 6. The van der Waals surface area contributed by atoms with E-state index in [-0.39, 0.29) is 23.3 Å². The fourth-order valence-electron chi connectivity index (χ4n) is 3.63. The molecule has 0 radical (unpaired) electrons. The van der Waals surface area contributed by atoms with Crippen molar-refractivity contribution < 1.29 is 10.2 Å². The van der Waals surface area contributed by atoms with Gasteiger partial charge >= 0.3 is 0 Å². The molecule has 2 N–H and O–H groups in total. The number of phenolic OH excluding ortho intramolecular Hbond substituents is 2. The third-order valence-corrected chi connectivity index (χ3v) is 4.95. The number of terminal acetylenes is 1. The van der Waals surface area contributed by atoms with E-state index in [0.717, 1.165) is 49.7 Å². The van der Waals surface area contributed by atoms with E-state index in [2.05, 4.69) is 25.5 Å². The van der Waals surface area contributed by atoms with Crippen LogP contribution in [0.2, 0.25) is 0 Å². The quantitative estimate of drug-likeness (QED) is 0.414.